The summed E-state index contributed by atoms with van der Waals surface area (Å²) in [6.45, 7) is 6.67. The predicted octanol–water partition coefficient (Wildman–Crippen LogP) is 3.89. The van der Waals surface area contributed by atoms with Crippen LogP contribution in [0, 0.1) is 0 Å². The number of rotatable bonds is 6. The normalized spacial score (nSPS) is 18.9. The van der Waals surface area contributed by atoms with Gasteiger partial charge in [-0.25, -0.2) is 9.78 Å². The van der Waals surface area contributed by atoms with Crippen molar-refractivity contribution in [3.63, 3.8) is 0 Å². The van der Waals surface area contributed by atoms with Gasteiger partial charge in [0.2, 0.25) is 11.8 Å². The lowest BCUT2D eigenvalue weighted by molar-refractivity contribution is -0.130. The van der Waals surface area contributed by atoms with Crippen molar-refractivity contribution in [2.45, 2.75) is 32.3 Å². The second kappa shape index (κ2) is 9.26. The van der Waals surface area contributed by atoms with Gasteiger partial charge < -0.3 is 14.5 Å². The van der Waals surface area contributed by atoms with E-state index in [1.165, 1.54) is 5.56 Å². The monoisotopic (exact) mass is 486 g/mol. The third kappa shape index (κ3) is 5.01. The number of carbonyl (C=O) groups is 2. The number of benzene rings is 1. The van der Waals surface area contributed by atoms with Gasteiger partial charge in [0.15, 0.2) is 0 Å². The molecule has 164 valence electrons. The fourth-order valence-corrected chi connectivity index (χ4v) is 4.16. The number of hydrogen-bond acceptors (Lipinski definition) is 4. The quantitative estimate of drug-likeness (QED) is 0.621. The number of aromatic nitrogens is 1. The van der Waals surface area contributed by atoms with Crippen LogP contribution < -0.4 is 9.64 Å². The number of nitrogens with zero attached hydrogens (tertiary/aromatic N) is 4. The van der Waals surface area contributed by atoms with Crippen LogP contribution in [0.3, 0.4) is 0 Å². The van der Waals surface area contributed by atoms with E-state index < -0.39 is 0 Å². The van der Waals surface area contributed by atoms with Gasteiger partial charge in [-0.2, -0.15) is 0 Å². The molecule has 0 saturated carbocycles. The van der Waals surface area contributed by atoms with Gasteiger partial charge in [0, 0.05) is 48.5 Å². The number of carbonyl (C=O) groups excluding carboxylic acids is 2. The summed E-state index contributed by atoms with van der Waals surface area (Å²) in [7, 11) is 0. The first-order chi connectivity index (χ1) is 14.9. The minimum atomic E-state index is -0.114. The van der Waals surface area contributed by atoms with Crippen molar-refractivity contribution in [1.29, 1.82) is 0 Å². The molecule has 0 radical (unpaired) electrons. The third-order valence-corrected chi connectivity index (χ3v) is 6.25. The van der Waals surface area contributed by atoms with Crippen LogP contribution in [0.1, 0.15) is 31.7 Å². The lowest BCUT2D eigenvalue weighted by Gasteiger charge is -2.22. The molecule has 2 aliphatic rings. The molecular weight excluding hydrogens is 460 g/mol. The maximum atomic E-state index is 12.9. The molecular formula is C23H27BrN4O3. The highest BCUT2D eigenvalue weighted by atomic mass is 79.9. The number of urea groups is 1. The summed E-state index contributed by atoms with van der Waals surface area (Å²) in [5, 5.41) is 0. The van der Waals surface area contributed by atoms with Gasteiger partial charge in [0.05, 0.1) is 6.54 Å². The van der Waals surface area contributed by atoms with Gasteiger partial charge in [-0.05, 0) is 45.6 Å². The van der Waals surface area contributed by atoms with Crippen LogP contribution in [0.4, 0.5) is 10.5 Å². The Hall–Kier alpha value is -2.61. The Balaban J connectivity index is 1.30. The fraction of sp³-hybridized carbons (Fsp3) is 0.435. The standard InChI is InChI=1S/C23H27BrN4O3/c1-16(2)17-3-6-19(7-4-17)28-12-11-27(23(28)30)15-22(29)26-10-9-20(14-26)31-21-8-5-18(24)13-25-21/h3-8,13,16,20H,9-12,14-15H2,1-2H3. The maximum absolute atomic E-state index is 12.9. The van der Waals surface area contributed by atoms with Gasteiger partial charge in [0.1, 0.15) is 12.6 Å². The van der Waals surface area contributed by atoms with Gasteiger partial charge in [0.25, 0.3) is 0 Å². The SMILES string of the molecule is CC(C)c1ccc(N2CCN(CC(=O)N3CCC(Oc4ccc(Br)cn4)C3)C2=O)cc1. The zero-order valence-electron chi connectivity index (χ0n) is 17.8. The summed E-state index contributed by atoms with van der Waals surface area (Å²) in [5.41, 5.74) is 2.12. The first-order valence-corrected chi connectivity index (χ1v) is 11.4. The van der Waals surface area contributed by atoms with E-state index in [1.807, 2.05) is 18.2 Å². The second-order valence-electron chi connectivity index (χ2n) is 8.28. The zero-order chi connectivity index (χ0) is 22.0. The lowest BCUT2D eigenvalue weighted by Crippen LogP contribution is -2.42. The second-order valence-corrected chi connectivity index (χ2v) is 9.20. The van der Waals surface area contributed by atoms with Gasteiger partial charge in [-0.1, -0.05) is 26.0 Å². The zero-order valence-corrected chi connectivity index (χ0v) is 19.4. The Labute approximate surface area is 191 Å². The lowest BCUT2D eigenvalue weighted by atomic mass is 10.0. The third-order valence-electron chi connectivity index (χ3n) is 5.78. The molecule has 1 unspecified atom stereocenters. The van der Waals surface area contributed by atoms with Crippen molar-refractivity contribution in [2.75, 3.05) is 37.6 Å². The molecule has 3 heterocycles. The van der Waals surface area contributed by atoms with Gasteiger partial charge in [-0.3, -0.25) is 9.69 Å². The van der Waals surface area contributed by atoms with Crippen LogP contribution in [-0.2, 0) is 4.79 Å². The van der Waals surface area contributed by atoms with E-state index in [2.05, 4.69) is 46.9 Å². The average molecular weight is 487 g/mol. The topological polar surface area (TPSA) is 66.0 Å². The molecule has 0 N–H and O–H groups in total. The predicted molar refractivity (Wildman–Crippen MR) is 122 cm³/mol. The molecule has 1 aromatic heterocycles. The summed E-state index contributed by atoms with van der Waals surface area (Å²) in [6, 6.07) is 11.7. The van der Waals surface area contributed by atoms with E-state index in [0.717, 1.165) is 16.6 Å². The van der Waals surface area contributed by atoms with Gasteiger partial charge in [-0.15, -0.1) is 0 Å². The van der Waals surface area contributed by atoms with E-state index in [9.17, 15) is 9.59 Å². The number of pyridine rings is 1. The molecule has 3 amide bonds. The Kier molecular flexibility index (Phi) is 6.46. The minimum absolute atomic E-state index is 0.0415. The van der Waals surface area contributed by atoms with Crippen molar-refractivity contribution in [3.8, 4) is 5.88 Å². The number of halogens is 1. The summed E-state index contributed by atoms with van der Waals surface area (Å²) in [6.07, 6.45) is 2.36. The molecule has 8 heteroatoms. The number of hydrogen-bond donors (Lipinski definition) is 0. The molecule has 31 heavy (non-hydrogen) atoms. The maximum Gasteiger partial charge on any atom is 0.325 e. The fourth-order valence-electron chi connectivity index (χ4n) is 3.93. The van der Waals surface area contributed by atoms with Crippen LogP contribution in [0.2, 0.25) is 0 Å². The average Bonchev–Trinajstić information content (AvgIpc) is 3.37. The minimum Gasteiger partial charge on any atom is -0.472 e. The largest absolute Gasteiger partial charge is 0.472 e. The molecule has 2 fully saturated rings. The highest BCUT2D eigenvalue weighted by Gasteiger charge is 2.34. The molecule has 0 aliphatic carbocycles. The summed E-state index contributed by atoms with van der Waals surface area (Å²) >= 11 is 3.35. The van der Waals surface area contributed by atoms with Crippen LogP contribution in [0.15, 0.2) is 47.1 Å². The number of amides is 3. The van der Waals surface area contributed by atoms with E-state index in [1.54, 1.807) is 27.0 Å². The van der Waals surface area contributed by atoms with E-state index in [0.29, 0.717) is 38.0 Å². The Morgan fingerprint density at radius 3 is 2.61 bits per heavy atom. The number of likely N-dealkylation sites (tertiary alicyclic amines) is 1. The van der Waals surface area contributed by atoms with Crippen LogP contribution in [-0.4, -0.2) is 65.5 Å². The summed E-state index contributed by atoms with van der Waals surface area (Å²) in [5.74, 6) is 0.960. The highest BCUT2D eigenvalue weighted by Crippen LogP contribution is 2.24. The smallest absolute Gasteiger partial charge is 0.325 e. The molecule has 7 nitrogen and oxygen atoms in total. The summed E-state index contributed by atoms with van der Waals surface area (Å²) < 4.78 is 6.78. The molecule has 0 bridgehead atoms. The Bertz CT molecular complexity index is 933. The van der Waals surface area contributed by atoms with Crippen molar-refractivity contribution in [3.05, 3.63) is 52.6 Å². The molecule has 1 aromatic carbocycles. The van der Waals surface area contributed by atoms with Crippen molar-refractivity contribution < 1.29 is 14.3 Å². The molecule has 1 atom stereocenters. The van der Waals surface area contributed by atoms with E-state index >= 15 is 0 Å². The first-order valence-electron chi connectivity index (χ1n) is 10.6. The van der Waals surface area contributed by atoms with E-state index in [4.69, 9.17) is 4.74 Å². The van der Waals surface area contributed by atoms with Crippen LogP contribution in [0.5, 0.6) is 5.88 Å². The Morgan fingerprint density at radius 2 is 1.94 bits per heavy atom. The molecule has 2 aliphatic heterocycles. The van der Waals surface area contributed by atoms with Crippen molar-refractivity contribution >= 4 is 33.6 Å². The van der Waals surface area contributed by atoms with Crippen molar-refractivity contribution in [2.24, 2.45) is 0 Å². The molecule has 2 saturated heterocycles. The van der Waals surface area contributed by atoms with Crippen LogP contribution >= 0.6 is 15.9 Å². The first kappa shape index (κ1) is 21.6. The van der Waals surface area contributed by atoms with Gasteiger partial charge >= 0.3 is 6.03 Å². The Morgan fingerprint density at radius 1 is 1.16 bits per heavy atom. The number of anilines is 1. The van der Waals surface area contributed by atoms with E-state index in [-0.39, 0.29) is 24.6 Å². The van der Waals surface area contributed by atoms with Crippen molar-refractivity contribution in [1.82, 2.24) is 14.8 Å². The molecule has 0 spiro atoms. The highest BCUT2D eigenvalue weighted by molar-refractivity contribution is 9.10. The number of ether oxygens (including phenoxy) is 1. The van der Waals surface area contributed by atoms with Crippen LogP contribution in [0.25, 0.3) is 0 Å². The summed E-state index contributed by atoms with van der Waals surface area (Å²) in [4.78, 5) is 35.0. The molecule has 2 aromatic rings. The molecule has 4 rings (SSSR count).